The quantitative estimate of drug-likeness (QED) is 0.548. The van der Waals surface area contributed by atoms with Crippen molar-refractivity contribution in [1.82, 2.24) is 4.57 Å². The van der Waals surface area contributed by atoms with Crippen LogP contribution in [-0.4, -0.2) is 22.5 Å². The normalized spacial score (nSPS) is 13.0. The third kappa shape index (κ3) is 5.74. The van der Waals surface area contributed by atoms with Crippen LogP contribution in [0.2, 0.25) is 0 Å². The molecule has 0 saturated carbocycles. The lowest BCUT2D eigenvalue weighted by Crippen LogP contribution is -2.28. The van der Waals surface area contributed by atoms with Crippen LogP contribution in [0.4, 0.5) is 4.79 Å². The summed E-state index contributed by atoms with van der Waals surface area (Å²) in [6.45, 7) is 7.65. The third-order valence-corrected chi connectivity index (χ3v) is 3.28. The van der Waals surface area contributed by atoms with Crippen molar-refractivity contribution in [3.63, 3.8) is 0 Å². The molecule has 1 atom stereocenters. The van der Waals surface area contributed by atoms with Crippen LogP contribution in [0, 0.1) is 0 Å². The molecular weight excluding hydrogens is 266 g/mol. The predicted molar refractivity (Wildman–Crippen MR) is 83.6 cm³/mol. The first-order valence-corrected chi connectivity index (χ1v) is 7.75. The van der Waals surface area contributed by atoms with Crippen molar-refractivity contribution in [2.75, 3.05) is 0 Å². The fraction of sp³-hybridized carbons (Fsp3) is 0.647. The molecule has 21 heavy (non-hydrogen) atoms. The Balaban J connectivity index is 2.75. The summed E-state index contributed by atoms with van der Waals surface area (Å²) < 4.78 is 6.82. The van der Waals surface area contributed by atoms with E-state index in [2.05, 4.69) is 6.92 Å². The Morgan fingerprint density at radius 3 is 2.62 bits per heavy atom. The zero-order chi connectivity index (χ0) is 15.9. The minimum absolute atomic E-state index is 0.246. The van der Waals surface area contributed by atoms with E-state index in [1.54, 1.807) is 12.3 Å². The average molecular weight is 293 g/mol. The number of carbonyl (C=O) groups is 2. The highest BCUT2D eigenvalue weighted by Gasteiger charge is 2.22. The summed E-state index contributed by atoms with van der Waals surface area (Å²) in [6.07, 6.45) is 7.40. The van der Waals surface area contributed by atoms with Crippen LogP contribution in [0.3, 0.4) is 0 Å². The second-order valence-corrected chi connectivity index (χ2v) is 6.38. The second kappa shape index (κ2) is 8.01. The molecule has 0 spiro atoms. The molecule has 0 aliphatic carbocycles. The molecule has 1 aromatic rings. The predicted octanol–water partition coefficient (Wildman–Crippen LogP) is 4.52. The van der Waals surface area contributed by atoms with Gasteiger partial charge in [0.1, 0.15) is 11.9 Å². The van der Waals surface area contributed by atoms with Crippen molar-refractivity contribution in [3.05, 3.63) is 24.0 Å². The molecule has 0 saturated heterocycles. The van der Waals surface area contributed by atoms with Gasteiger partial charge in [-0.3, -0.25) is 4.57 Å². The summed E-state index contributed by atoms with van der Waals surface area (Å²) in [5.74, 6) is -0.246. The highest BCUT2D eigenvalue weighted by atomic mass is 16.6. The van der Waals surface area contributed by atoms with Gasteiger partial charge in [0.2, 0.25) is 0 Å². The molecule has 0 N–H and O–H groups in total. The Bertz CT molecular complexity index is 457. The van der Waals surface area contributed by atoms with Gasteiger partial charge < -0.3 is 9.53 Å². The topological polar surface area (TPSA) is 48.3 Å². The maximum atomic E-state index is 12.2. The van der Waals surface area contributed by atoms with Crippen molar-refractivity contribution >= 4 is 12.4 Å². The molecule has 118 valence electrons. The lowest BCUT2D eigenvalue weighted by molar-refractivity contribution is -0.109. The van der Waals surface area contributed by atoms with Crippen LogP contribution >= 0.6 is 0 Å². The first-order valence-electron chi connectivity index (χ1n) is 7.75. The average Bonchev–Trinajstić information content (AvgIpc) is 2.86. The molecule has 0 bridgehead atoms. The van der Waals surface area contributed by atoms with E-state index < -0.39 is 11.7 Å². The van der Waals surface area contributed by atoms with Crippen molar-refractivity contribution in [3.8, 4) is 0 Å². The van der Waals surface area contributed by atoms with Gasteiger partial charge in [0.25, 0.3) is 0 Å². The summed E-state index contributed by atoms with van der Waals surface area (Å²) in [6, 6.07) is 3.60. The molecular formula is C17H27NO3. The standard InChI is InChI=1S/C17H27NO3/c1-5-6-7-8-10-14(13-19)15-11-9-12-18(15)16(20)21-17(2,3)4/h9,11-14H,5-8,10H2,1-4H3/t14-/m0/s1. The van der Waals surface area contributed by atoms with Gasteiger partial charge in [0, 0.05) is 11.9 Å². The van der Waals surface area contributed by atoms with Crippen molar-refractivity contribution in [1.29, 1.82) is 0 Å². The number of aromatic nitrogens is 1. The van der Waals surface area contributed by atoms with E-state index in [0.29, 0.717) is 0 Å². The van der Waals surface area contributed by atoms with E-state index >= 15 is 0 Å². The maximum absolute atomic E-state index is 12.2. The smallest absolute Gasteiger partial charge is 0.418 e. The van der Waals surface area contributed by atoms with Gasteiger partial charge in [-0.2, -0.15) is 0 Å². The Morgan fingerprint density at radius 2 is 2.05 bits per heavy atom. The maximum Gasteiger partial charge on any atom is 0.418 e. The molecule has 0 radical (unpaired) electrons. The lowest BCUT2D eigenvalue weighted by Gasteiger charge is -2.21. The largest absolute Gasteiger partial charge is 0.443 e. The Labute approximate surface area is 127 Å². The van der Waals surface area contributed by atoms with Crippen LogP contribution in [-0.2, 0) is 9.53 Å². The summed E-state index contributed by atoms with van der Waals surface area (Å²) in [5.41, 5.74) is 0.173. The molecule has 0 aliphatic heterocycles. The minimum atomic E-state index is -0.545. The van der Waals surface area contributed by atoms with Crippen LogP contribution in [0.1, 0.15) is 71.4 Å². The van der Waals surface area contributed by atoms with Gasteiger partial charge in [-0.15, -0.1) is 0 Å². The van der Waals surface area contributed by atoms with Gasteiger partial charge in [0.05, 0.1) is 5.92 Å². The first-order chi connectivity index (χ1) is 9.89. The molecule has 4 heteroatoms. The highest BCUT2D eigenvalue weighted by Crippen LogP contribution is 2.22. The van der Waals surface area contributed by atoms with Crippen molar-refractivity contribution in [2.24, 2.45) is 0 Å². The highest BCUT2D eigenvalue weighted by molar-refractivity contribution is 5.74. The molecule has 1 rings (SSSR count). The van der Waals surface area contributed by atoms with E-state index in [0.717, 1.165) is 31.2 Å². The molecule has 4 nitrogen and oxygen atoms in total. The number of hydrogen-bond acceptors (Lipinski definition) is 3. The van der Waals surface area contributed by atoms with Crippen LogP contribution < -0.4 is 0 Å². The summed E-state index contributed by atoms with van der Waals surface area (Å²) in [7, 11) is 0. The van der Waals surface area contributed by atoms with Crippen molar-refractivity contribution < 1.29 is 14.3 Å². The summed E-state index contributed by atoms with van der Waals surface area (Å²) >= 11 is 0. The Kier molecular flexibility index (Phi) is 6.66. The Morgan fingerprint density at radius 1 is 1.33 bits per heavy atom. The van der Waals surface area contributed by atoms with Crippen LogP contribution in [0.5, 0.6) is 0 Å². The zero-order valence-electron chi connectivity index (χ0n) is 13.6. The number of nitrogens with zero attached hydrogens (tertiary/aromatic N) is 1. The summed E-state index contributed by atoms with van der Waals surface area (Å²) in [5, 5.41) is 0. The van der Waals surface area contributed by atoms with Gasteiger partial charge in [0.15, 0.2) is 0 Å². The molecule has 0 aliphatic rings. The van der Waals surface area contributed by atoms with Crippen LogP contribution in [0.15, 0.2) is 18.3 Å². The number of rotatable bonds is 7. The van der Waals surface area contributed by atoms with E-state index in [4.69, 9.17) is 4.74 Å². The zero-order valence-corrected chi connectivity index (χ0v) is 13.6. The third-order valence-electron chi connectivity index (χ3n) is 3.28. The van der Waals surface area contributed by atoms with E-state index in [1.807, 2.05) is 26.8 Å². The monoisotopic (exact) mass is 293 g/mol. The van der Waals surface area contributed by atoms with Gasteiger partial charge in [-0.25, -0.2) is 4.79 Å². The number of carbonyl (C=O) groups excluding carboxylic acids is 2. The van der Waals surface area contributed by atoms with Crippen LogP contribution in [0.25, 0.3) is 0 Å². The van der Waals surface area contributed by atoms with E-state index in [9.17, 15) is 9.59 Å². The SMILES string of the molecule is CCCCCC[C@@H](C=O)c1cccn1C(=O)OC(C)(C)C. The summed E-state index contributed by atoms with van der Waals surface area (Å²) in [4.78, 5) is 23.5. The van der Waals surface area contributed by atoms with Crippen molar-refractivity contribution in [2.45, 2.75) is 71.3 Å². The number of unbranched alkanes of at least 4 members (excludes halogenated alkanes) is 3. The second-order valence-electron chi connectivity index (χ2n) is 6.38. The minimum Gasteiger partial charge on any atom is -0.443 e. The van der Waals surface area contributed by atoms with Gasteiger partial charge in [-0.1, -0.05) is 32.6 Å². The molecule has 1 heterocycles. The lowest BCUT2D eigenvalue weighted by atomic mass is 9.99. The van der Waals surface area contributed by atoms with Gasteiger partial charge >= 0.3 is 6.09 Å². The van der Waals surface area contributed by atoms with E-state index in [1.165, 1.54) is 17.4 Å². The first kappa shape index (κ1) is 17.5. The van der Waals surface area contributed by atoms with E-state index in [-0.39, 0.29) is 5.92 Å². The fourth-order valence-corrected chi connectivity index (χ4v) is 2.25. The Hall–Kier alpha value is -1.58. The molecule has 0 unspecified atom stereocenters. The fourth-order valence-electron chi connectivity index (χ4n) is 2.25. The molecule has 0 fully saturated rings. The van der Waals surface area contributed by atoms with Gasteiger partial charge in [-0.05, 0) is 39.3 Å². The number of hydrogen-bond donors (Lipinski definition) is 0. The molecule has 1 aromatic heterocycles. The molecule has 0 aromatic carbocycles. The molecule has 0 amide bonds. The number of aldehydes is 1. The number of ether oxygens (including phenoxy) is 1.